The maximum atomic E-state index is 14.0. The van der Waals surface area contributed by atoms with Gasteiger partial charge < -0.3 is 15.4 Å². The molecule has 1 amide bonds. The fourth-order valence-electron chi connectivity index (χ4n) is 1.92. The summed E-state index contributed by atoms with van der Waals surface area (Å²) in [5.41, 5.74) is 0.0137. The second kappa shape index (κ2) is 7.93. The van der Waals surface area contributed by atoms with Gasteiger partial charge in [0.05, 0.1) is 5.56 Å². The quantitative estimate of drug-likeness (QED) is 0.686. The fraction of sp³-hybridized carbons (Fsp3) is 0.600. The van der Waals surface area contributed by atoms with E-state index in [0.717, 1.165) is 18.9 Å². The van der Waals surface area contributed by atoms with Crippen LogP contribution in [0.2, 0.25) is 0 Å². The van der Waals surface area contributed by atoms with Crippen LogP contribution in [0.5, 0.6) is 0 Å². The Kier molecular flexibility index (Phi) is 5.92. The van der Waals surface area contributed by atoms with Crippen molar-refractivity contribution in [3.63, 3.8) is 0 Å². The number of hydrogen-bond acceptors (Lipinski definition) is 4. The fourth-order valence-corrected chi connectivity index (χ4v) is 1.92. The third-order valence-corrected chi connectivity index (χ3v) is 3.28. The normalized spacial score (nSPS) is 14.0. The topological polar surface area (TPSA) is 63.2 Å². The third-order valence-electron chi connectivity index (χ3n) is 3.28. The van der Waals surface area contributed by atoms with Crippen LogP contribution in [0, 0.1) is 11.7 Å². The Balaban J connectivity index is 1.72. The summed E-state index contributed by atoms with van der Waals surface area (Å²) in [5.74, 6) is -0.175. The number of hydrogen-bond donors (Lipinski definition) is 2. The van der Waals surface area contributed by atoms with Gasteiger partial charge in [0.1, 0.15) is 0 Å². The van der Waals surface area contributed by atoms with Crippen LogP contribution in [0.4, 0.5) is 10.2 Å². The summed E-state index contributed by atoms with van der Waals surface area (Å²) in [6.07, 6.45) is 4.69. The number of carbonyl (C=O) groups excluding carboxylic acids is 1. The number of carbonyl (C=O) groups is 1. The lowest BCUT2D eigenvalue weighted by atomic mass is 10.2. The van der Waals surface area contributed by atoms with Crippen molar-refractivity contribution >= 4 is 11.7 Å². The van der Waals surface area contributed by atoms with E-state index in [1.807, 2.05) is 6.92 Å². The Labute approximate surface area is 124 Å². The molecular formula is C15H22FN3O2. The minimum Gasteiger partial charge on any atom is -0.381 e. The molecule has 0 bridgehead atoms. The number of halogens is 1. The van der Waals surface area contributed by atoms with Gasteiger partial charge in [0.25, 0.3) is 5.91 Å². The van der Waals surface area contributed by atoms with Gasteiger partial charge in [-0.25, -0.2) is 9.37 Å². The van der Waals surface area contributed by atoms with Gasteiger partial charge in [0, 0.05) is 32.5 Å². The van der Waals surface area contributed by atoms with Crippen molar-refractivity contribution in [3.8, 4) is 0 Å². The van der Waals surface area contributed by atoms with E-state index in [0.29, 0.717) is 19.7 Å². The van der Waals surface area contributed by atoms with Crippen molar-refractivity contribution in [2.45, 2.75) is 26.2 Å². The molecule has 21 heavy (non-hydrogen) atoms. The first-order valence-corrected chi connectivity index (χ1v) is 7.46. The van der Waals surface area contributed by atoms with Crippen molar-refractivity contribution in [2.75, 3.05) is 31.6 Å². The van der Waals surface area contributed by atoms with Crippen LogP contribution in [-0.2, 0) is 4.74 Å². The minimum absolute atomic E-state index is 0.0137. The Morgan fingerprint density at radius 3 is 3.05 bits per heavy atom. The molecule has 0 radical (unpaired) electrons. The molecule has 5 nitrogen and oxygen atoms in total. The summed E-state index contributed by atoms with van der Waals surface area (Å²) < 4.78 is 19.5. The van der Waals surface area contributed by atoms with Gasteiger partial charge in [-0.05, 0) is 38.2 Å². The minimum atomic E-state index is -0.609. The maximum absolute atomic E-state index is 14.0. The van der Waals surface area contributed by atoms with Gasteiger partial charge in [0.2, 0.25) is 0 Å². The van der Waals surface area contributed by atoms with Crippen LogP contribution in [0.3, 0.4) is 0 Å². The zero-order valence-corrected chi connectivity index (χ0v) is 12.3. The number of nitrogens with zero attached hydrogens (tertiary/aromatic N) is 1. The van der Waals surface area contributed by atoms with E-state index in [1.54, 1.807) is 0 Å². The third kappa shape index (κ3) is 4.97. The number of pyridine rings is 1. The summed E-state index contributed by atoms with van der Waals surface area (Å²) in [5, 5.41) is 5.48. The monoisotopic (exact) mass is 295 g/mol. The Morgan fingerprint density at radius 2 is 2.33 bits per heavy atom. The molecule has 0 aliphatic heterocycles. The number of ether oxygens (including phenoxy) is 1. The van der Waals surface area contributed by atoms with E-state index in [1.165, 1.54) is 25.1 Å². The second-order valence-corrected chi connectivity index (χ2v) is 5.18. The van der Waals surface area contributed by atoms with Crippen molar-refractivity contribution in [1.82, 2.24) is 10.3 Å². The SMILES string of the molecule is CCNc1nccc(C(=O)NCCCOCC2CC2)c1F. The first-order chi connectivity index (χ1) is 10.2. The Hall–Kier alpha value is -1.69. The van der Waals surface area contributed by atoms with Crippen LogP contribution < -0.4 is 10.6 Å². The summed E-state index contributed by atoms with van der Waals surface area (Å²) in [7, 11) is 0. The number of anilines is 1. The number of aromatic nitrogens is 1. The van der Waals surface area contributed by atoms with Crippen LogP contribution in [0.1, 0.15) is 36.5 Å². The van der Waals surface area contributed by atoms with Crippen molar-refractivity contribution < 1.29 is 13.9 Å². The predicted molar refractivity (Wildman–Crippen MR) is 78.9 cm³/mol. The molecule has 2 rings (SSSR count). The van der Waals surface area contributed by atoms with Crippen LogP contribution in [0.25, 0.3) is 0 Å². The molecule has 0 spiro atoms. The van der Waals surface area contributed by atoms with Crippen LogP contribution in [-0.4, -0.2) is 37.2 Å². The molecule has 0 saturated heterocycles. The molecular weight excluding hydrogens is 273 g/mol. The lowest BCUT2D eigenvalue weighted by Gasteiger charge is -2.09. The van der Waals surface area contributed by atoms with Crippen molar-refractivity contribution in [3.05, 3.63) is 23.6 Å². The molecule has 1 fully saturated rings. The molecule has 0 aromatic carbocycles. The highest BCUT2D eigenvalue weighted by molar-refractivity contribution is 5.95. The van der Waals surface area contributed by atoms with Gasteiger partial charge in [0.15, 0.2) is 11.6 Å². The Bertz CT molecular complexity index is 478. The lowest BCUT2D eigenvalue weighted by molar-refractivity contribution is 0.0933. The molecule has 1 saturated carbocycles. The summed E-state index contributed by atoms with van der Waals surface area (Å²) in [6, 6.07) is 1.38. The number of amides is 1. The van der Waals surface area contributed by atoms with E-state index in [9.17, 15) is 9.18 Å². The van der Waals surface area contributed by atoms with Gasteiger partial charge >= 0.3 is 0 Å². The molecule has 0 unspecified atom stereocenters. The van der Waals surface area contributed by atoms with Crippen molar-refractivity contribution in [2.24, 2.45) is 5.92 Å². The van der Waals surface area contributed by atoms with Crippen molar-refractivity contribution in [1.29, 1.82) is 0 Å². The van der Waals surface area contributed by atoms with Gasteiger partial charge in [-0.2, -0.15) is 0 Å². The molecule has 1 aromatic heterocycles. The first kappa shape index (κ1) is 15.7. The summed E-state index contributed by atoms with van der Waals surface area (Å²) in [6.45, 7) is 4.31. The van der Waals surface area contributed by atoms with Gasteiger partial charge in [-0.1, -0.05) is 0 Å². The standard InChI is InChI=1S/C15H22FN3O2/c1-2-17-14-13(16)12(6-8-18-14)15(20)19-7-3-9-21-10-11-4-5-11/h6,8,11H,2-5,7,9-10H2,1H3,(H,17,18)(H,19,20). The molecule has 6 heteroatoms. The molecule has 1 aliphatic carbocycles. The van der Waals surface area contributed by atoms with E-state index in [2.05, 4.69) is 15.6 Å². The summed E-state index contributed by atoms with van der Waals surface area (Å²) in [4.78, 5) is 15.8. The number of nitrogens with one attached hydrogen (secondary N) is 2. The van der Waals surface area contributed by atoms with Crippen LogP contribution >= 0.6 is 0 Å². The molecule has 1 heterocycles. The predicted octanol–water partition coefficient (Wildman–Crippen LogP) is 2.20. The smallest absolute Gasteiger partial charge is 0.254 e. The molecule has 1 aromatic rings. The average molecular weight is 295 g/mol. The van der Waals surface area contributed by atoms with E-state index < -0.39 is 11.7 Å². The first-order valence-electron chi connectivity index (χ1n) is 7.46. The molecule has 1 aliphatic rings. The van der Waals surface area contributed by atoms with E-state index in [-0.39, 0.29) is 11.4 Å². The maximum Gasteiger partial charge on any atom is 0.254 e. The lowest BCUT2D eigenvalue weighted by Crippen LogP contribution is -2.26. The zero-order chi connectivity index (χ0) is 15.1. The van der Waals surface area contributed by atoms with Crippen LogP contribution in [0.15, 0.2) is 12.3 Å². The zero-order valence-electron chi connectivity index (χ0n) is 12.3. The summed E-state index contributed by atoms with van der Waals surface area (Å²) >= 11 is 0. The van der Waals surface area contributed by atoms with Gasteiger partial charge in [-0.3, -0.25) is 4.79 Å². The Morgan fingerprint density at radius 1 is 1.52 bits per heavy atom. The van der Waals surface area contributed by atoms with E-state index >= 15 is 0 Å². The highest BCUT2D eigenvalue weighted by Gasteiger charge is 2.20. The largest absolute Gasteiger partial charge is 0.381 e. The number of rotatable bonds is 9. The average Bonchev–Trinajstić information content (AvgIpc) is 3.29. The van der Waals surface area contributed by atoms with Gasteiger partial charge in [-0.15, -0.1) is 0 Å². The van der Waals surface area contributed by atoms with E-state index in [4.69, 9.17) is 4.74 Å². The molecule has 0 atom stereocenters. The highest BCUT2D eigenvalue weighted by atomic mass is 19.1. The second-order valence-electron chi connectivity index (χ2n) is 5.18. The molecule has 2 N–H and O–H groups in total. The molecule has 116 valence electrons. The highest BCUT2D eigenvalue weighted by Crippen LogP contribution is 2.28.